The fraction of sp³-hybridized carbons (Fsp3) is 0.933. The third kappa shape index (κ3) is 4.18. The minimum absolute atomic E-state index is 0.230. The molecule has 2 aliphatic rings. The number of hydrogen-bond acceptors (Lipinski definition) is 3. The highest BCUT2D eigenvalue weighted by Crippen LogP contribution is 2.28. The molecule has 1 saturated carbocycles. The van der Waals surface area contributed by atoms with Crippen molar-refractivity contribution in [3.63, 3.8) is 0 Å². The number of rotatable bonds is 5. The molecule has 1 aliphatic heterocycles. The molecule has 0 aromatic carbocycles. The van der Waals surface area contributed by atoms with Gasteiger partial charge in [-0.1, -0.05) is 0 Å². The van der Waals surface area contributed by atoms with Gasteiger partial charge in [-0.05, 0) is 71.0 Å². The minimum Gasteiger partial charge on any atom is -0.354 e. The van der Waals surface area contributed by atoms with Crippen LogP contribution in [-0.2, 0) is 4.79 Å². The van der Waals surface area contributed by atoms with Gasteiger partial charge in [0.1, 0.15) is 0 Å². The second kappa shape index (κ2) is 7.25. The molecule has 0 aromatic rings. The number of hydrogen-bond donors (Lipinski definition) is 2. The molecule has 1 unspecified atom stereocenters. The van der Waals surface area contributed by atoms with Crippen LogP contribution in [0.25, 0.3) is 0 Å². The largest absolute Gasteiger partial charge is 0.354 e. The molecule has 19 heavy (non-hydrogen) atoms. The Balaban J connectivity index is 1.66. The van der Waals surface area contributed by atoms with Gasteiger partial charge in [0.2, 0.25) is 5.91 Å². The van der Waals surface area contributed by atoms with Crippen molar-refractivity contribution in [1.29, 1.82) is 0 Å². The van der Waals surface area contributed by atoms with E-state index in [2.05, 4.69) is 17.1 Å². The van der Waals surface area contributed by atoms with E-state index >= 15 is 0 Å². The van der Waals surface area contributed by atoms with E-state index in [1.807, 2.05) is 0 Å². The molecule has 1 aliphatic carbocycles. The minimum atomic E-state index is 0.230. The second-order valence-electron chi connectivity index (χ2n) is 6.29. The van der Waals surface area contributed by atoms with Gasteiger partial charge in [0.25, 0.3) is 0 Å². The maximum atomic E-state index is 12.2. The summed E-state index contributed by atoms with van der Waals surface area (Å²) >= 11 is 0. The Morgan fingerprint density at radius 3 is 2.47 bits per heavy atom. The molecule has 110 valence electrons. The third-order valence-electron chi connectivity index (χ3n) is 4.89. The Bertz CT molecular complexity index is 281. The zero-order valence-electron chi connectivity index (χ0n) is 12.2. The summed E-state index contributed by atoms with van der Waals surface area (Å²) < 4.78 is 0. The number of nitrogens with one attached hydrogen (secondary N) is 1. The van der Waals surface area contributed by atoms with Gasteiger partial charge in [-0.25, -0.2) is 0 Å². The first-order chi connectivity index (χ1) is 9.20. The van der Waals surface area contributed by atoms with Crippen molar-refractivity contribution < 1.29 is 4.79 Å². The normalized spacial score (nSPS) is 30.2. The quantitative estimate of drug-likeness (QED) is 0.790. The number of nitrogens with two attached hydrogens (primary N) is 1. The summed E-state index contributed by atoms with van der Waals surface area (Å²) in [6.07, 6.45) is 6.90. The lowest BCUT2D eigenvalue weighted by Crippen LogP contribution is -2.43. The van der Waals surface area contributed by atoms with E-state index in [0.717, 1.165) is 38.8 Å². The lowest BCUT2D eigenvalue weighted by atomic mass is 9.81. The molecular formula is C15H29N3O. The molecular weight excluding hydrogens is 238 g/mol. The molecule has 4 nitrogen and oxygen atoms in total. The first-order valence-corrected chi connectivity index (χ1v) is 7.92. The number of carbonyl (C=O) groups is 1. The molecule has 4 heteroatoms. The monoisotopic (exact) mass is 267 g/mol. The molecule has 0 radical (unpaired) electrons. The smallest absolute Gasteiger partial charge is 0.223 e. The van der Waals surface area contributed by atoms with Gasteiger partial charge < -0.3 is 11.1 Å². The van der Waals surface area contributed by atoms with Crippen LogP contribution in [0.3, 0.4) is 0 Å². The van der Waals surface area contributed by atoms with E-state index in [1.165, 1.54) is 25.9 Å². The van der Waals surface area contributed by atoms with E-state index in [0.29, 0.717) is 12.0 Å². The predicted molar refractivity (Wildman–Crippen MR) is 77.8 cm³/mol. The Kier molecular flexibility index (Phi) is 5.64. The standard InChI is InChI=1S/C15H29N3O/c1-12(18-8-2-3-9-18)11-17-15(19)14-6-4-13(10-16)5-7-14/h12-14H,2-11,16H2,1H3,(H,17,19). The van der Waals surface area contributed by atoms with Gasteiger partial charge in [-0.15, -0.1) is 0 Å². The van der Waals surface area contributed by atoms with E-state index < -0.39 is 0 Å². The van der Waals surface area contributed by atoms with Crippen LogP contribution in [0.4, 0.5) is 0 Å². The summed E-state index contributed by atoms with van der Waals surface area (Å²) in [4.78, 5) is 14.6. The summed E-state index contributed by atoms with van der Waals surface area (Å²) in [6.45, 7) is 6.18. The predicted octanol–water partition coefficient (Wildman–Crippen LogP) is 1.35. The Morgan fingerprint density at radius 1 is 1.26 bits per heavy atom. The maximum absolute atomic E-state index is 12.2. The van der Waals surface area contributed by atoms with Crippen molar-refractivity contribution in [3.05, 3.63) is 0 Å². The van der Waals surface area contributed by atoms with Crippen LogP contribution in [0.1, 0.15) is 45.4 Å². The Labute approximate surface area is 117 Å². The average molecular weight is 267 g/mol. The molecule has 1 saturated heterocycles. The van der Waals surface area contributed by atoms with Crippen molar-refractivity contribution in [2.45, 2.75) is 51.5 Å². The number of likely N-dealkylation sites (tertiary alicyclic amines) is 1. The van der Waals surface area contributed by atoms with Crippen LogP contribution in [0.5, 0.6) is 0 Å². The summed E-state index contributed by atoms with van der Waals surface area (Å²) in [5.74, 6) is 1.14. The molecule has 0 spiro atoms. The Hall–Kier alpha value is -0.610. The van der Waals surface area contributed by atoms with Gasteiger partial charge in [-0.2, -0.15) is 0 Å². The van der Waals surface area contributed by atoms with Gasteiger partial charge in [0, 0.05) is 18.5 Å². The second-order valence-corrected chi connectivity index (χ2v) is 6.29. The van der Waals surface area contributed by atoms with Gasteiger partial charge in [0.05, 0.1) is 0 Å². The van der Waals surface area contributed by atoms with Crippen LogP contribution in [-0.4, -0.2) is 43.0 Å². The van der Waals surface area contributed by atoms with E-state index in [-0.39, 0.29) is 11.8 Å². The van der Waals surface area contributed by atoms with Gasteiger partial charge in [-0.3, -0.25) is 9.69 Å². The molecule has 1 atom stereocenters. The zero-order chi connectivity index (χ0) is 13.7. The zero-order valence-corrected chi connectivity index (χ0v) is 12.2. The molecule has 2 rings (SSSR count). The number of carbonyl (C=O) groups excluding carboxylic acids is 1. The summed E-state index contributed by atoms with van der Waals surface area (Å²) in [7, 11) is 0. The van der Waals surface area contributed by atoms with E-state index in [9.17, 15) is 4.79 Å². The highest BCUT2D eigenvalue weighted by molar-refractivity contribution is 5.78. The fourth-order valence-corrected chi connectivity index (χ4v) is 3.36. The topological polar surface area (TPSA) is 58.4 Å². The van der Waals surface area contributed by atoms with Gasteiger partial charge in [0.15, 0.2) is 0 Å². The van der Waals surface area contributed by atoms with Crippen LogP contribution in [0.2, 0.25) is 0 Å². The van der Waals surface area contributed by atoms with E-state index in [4.69, 9.17) is 5.73 Å². The van der Waals surface area contributed by atoms with Crippen LogP contribution >= 0.6 is 0 Å². The number of nitrogens with zero attached hydrogens (tertiary/aromatic N) is 1. The van der Waals surface area contributed by atoms with Gasteiger partial charge >= 0.3 is 0 Å². The van der Waals surface area contributed by atoms with Crippen LogP contribution in [0.15, 0.2) is 0 Å². The van der Waals surface area contributed by atoms with Crippen LogP contribution in [0, 0.1) is 11.8 Å². The SMILES string of the molecule is CC(CNC(=O)C1CCC(CN)CC1)N1CCCC1. The molecule has 0 aromatic heterocycles. The summed E-state index contributed by atoms with van der Waals surface area (Å²) in [5.41, 5.74) is 5.69. The molecule has 1 heterocycles. The van der Waals surface area contributed by atoms with Crippen molar-refractivity contribution in [1.82, 2.24) is 10.2 Å². The first-order valence-electron chi connectivity index (χ1n) is 7.92. The van der Waals surface area contributed by atoms with Crippen molar-refractivity contribution >= 4 is 5.91 Å². The number of amides is 1. The molecule has 2 fully saturated rings. The summed E-state index contributed by atoms with van der Waals surface area (Å²) in [5, 5.41) is 3.15. The van der Waals surface area contributed by atoms with Crippen molar-refractivity contribution in [3.8, 4) is 0 Å². The lowest BCUT2D eigenvalue weighted by Gasteiger charge is -2.28. The van der Waals surface area contributed by atoms with Crippen molar-refractivity contribution in [2.24, 2.45) is 17.6 Å². The first kappa shape index (κ1) is 14.8. The van der Waals surface area contributed by atoms with Crippen LogP contribution < -0.4 is 11.1 Å². The average Bonchev–Trinajstić information content (AvgIpc) is 2.98. The molecule has 3 N–H and O–H groups in total. The highest BCUT2D eigenvalue weighted by Gasteiger charge is 2.26. The maximum Gasteiger partial charge on any atom is 0.223 e. The van der Waals surface area contributed by atoms with E-state index in [1.54, 1.807) is 0 Å². The fourth-order valence-electron chi connectivity index (χ4n) is 3.36. The molecule has 1 amide bonds. The van der Waals surface area contributed by atoms with Crippen molar-refractivity contribution in [2.75, 3.05) is 26.2 Å². The third-order valence-corrected chi connectivity index (χ3v) is 4.89. The Morgan fingerprint density at radius 2 is 1.89 bits per heavy atom. The lowest BCUT2D eigenvalue weighted by molar-refractivity contribution is -0.126. The molecule has 0 bridgehead atoms. The summed E-state index contributed by atoms with van der Waals surface area (Å²) in [6, 6.07) is 0.479. The highest BCUT2D eigenvalue weighted by atomic mass is 16.1.